The summed E-state index contributed by atoms with van der Waals surface area (Å²) < 4.78 is 0. The van der Waals surface area contributed by atoms with Crippen LogP contribution in [-0.4, -0.2) is 0 Å². The lowest BCUT2D eigenvalue weighted by Gasteiger charge is -2.32. The molecule has 2 aliphatic carbocycles. The van der Waals surface area contributed by atoms with Gasteiger partial charge in [-0.3, -0.25) is 0 Å². The lowest BCUT2D eigenvalue weighted by molar-refractivity contribution is 0.197. The molecule has 2 saturated carbocycles. The summed E-state index contributed by atoms with van der Waals surface area (Å²) in [4.78, 5) is 0. The summed E-state index contributed by atoms with van der Waals surface area (Å²) in [6.07, 6.45) is 13.9. The lowest BCUT2D eigenvalue weighted by atomic mass is 9.73. The molecule has 0 aromatic rings. The van der Waals surface area contributed by atoms with E-state index in [2.05, 4.69) is 0 Å². The van der Waals surface area contributed by atoms with Crippen LogP contribution in [0, 0.1) is 5.41 Å². The summed E-state index contributed by atoms with van der Waals surface area (Å²) in [5, 5.41) is 0. The lowest BCUT2D eigenvalue weighted by Crippen LogP contribution is -2.19. The fourth-order valence-corrected chi connectivity index (χ4v) is 2.93. The zero-order chi connectivity index (χ0) is 12.9. The van der Waals surface area contributed by atoms with Crippen LogP contribution in [0.1, 0.15) is 99.3 Å². The molecule has 0 aromatic carbocycles. The van der Waals surface area contributed by atoms with Gasteiger partial charge < -0.3 is 0 Å². The Morgan fingerprint density at radius 3 is 1.00 bits per heavy atom. The largest absolute Gasteiger partial charge is 0.0683 e. The molecule has 0 nitrogen and oxygen atoms in total. The van der Waals surface area contributed by atoms with Crippen LogP contribution in [0.15, 0.2) is 0 Å². The normalized spacial score (nSPS) is 20.6. The molecule has 0 aliphatic heterocycles. The molecule has 0 radical (unpaired) electrons. The van der Waals surface area contributed by atoms with Crippen molar-refractivity contribution in [1.29, 1.82) is 0 Å². The molecule has 0 bridgehead atoms. The van der Waals surface area contributed by atoms with Crippen molar-refractivity contribution in [2.45, 2.75) is 99.3 Å². The summed E-state index contributed by atoms with van der Waals surface area (Å²) in [6.45, 7) is 12.0. The average Bonchev–Trinajstić information content (AvgIpc) is 2.86. The fourth-order valence-electron chi connectivity index (χ4n) is 2.93. The van der Waals surface area contributed by atoms with Gasteiger partial charge >= 0.3 is 0 Å². The Hall–Kier alpha value is 0. The van der Waals surface area contributed by atoms with E-state index in [1.165, 1.54) is 32.1 Å². The third kappa shape index (κ3) is 6.55. The highest BCUT2D eigenvalue weighted by atomic mass is 14.4. The SMILES string of the molecule is C1CCC2(CC1)CCCC2.CC.CC.CC. The Morgan fingerprint density at radius 2 is 0.688 bits per heavy atom. The van der Waals surface area contributed by atoms with Gasteiger partial charge in [-0.2, -0.15) is 0 Å². The van der Waals surface area contributed by atoms with Crippen molar-refractivity contribution in [3.05, 3.63) is 0 Å². The third-order valence-electron chi connectivity index (χ3n) is 3.58. The monoisotopic (exact) mass is 228 g/mol. The molecule has 2 rings (SSSR count). The van der Waals surface area contributed by atoms with Gasteiger partial charge in [0.15, 0.2) is 0 Å². The molecule has 0 aromatic heterocycles. The van der Waals surface area contributed by atoms with Crippen LogP contribution in [0.25, 0.3) is 0 Å². The average molecular weight is 228 g/mol. The van der Waals surface area contributed by atoms with Crippen molar-refractivity contribution in [2.75, 3.05) is 0 Å². The van der Waals surface area contributed by atoms with E-state index in [9.17, 15) is 0 Å². The quantitative estimate of drug-likeness (QED) is 0.439. The predicted octanol–water partition coefficient (Wildman–Crippen LogP) is 6.59. The first-order valence-corrected chi connectivity index (χ1v) is 7.91. The van der Waals surface area contributed by atoms with Crippen molar-refractivity contribution in [3.63, 3.8) is 0 Å². The van der Waals surface area contributed by atoms with E-state index < -0.39 is 0 Å². The zero-order valence-electron chi connectivity index (χ0n) is 12.9. The minimum Gasteiger partial charge on any atom is -0.0683 e. The highest BCUT2D eigenvalue weighted by Gasteiger charge is 2.34. The van der Waals surface area contributed by atoms with E-state index in [4.69, 9.17) is 0 Å². The van der Waals surface area contributed by atoms with Crippen molar-refractivity contribution < 1.29 is 0 Å². The van der Waals surface area contributed by atoms with Crippen molar-refractivity contribution >= 4 is 0 Å². The topological polar surface area (TPSA) is 0 Å². The molecule has 0 heterocycles. The van der Waals surface area contributed by atoms with Gasteiger partial charge in [0.2, 0.25) is 0 Å². The fraction of sp³-hybridized carbons (Fsp3) is 1.00. The number of rotatable bonds is 0. The van der Waals surface area contributed by atoms with E-state index >= 15 is 0 Å². The molecular weight excluding hydrogens is 192 g/mol. The molecule has 16 heavy (non-hydrogen) atoms. The maximum absolute atomic E-state index is 2.00. The Balaban J connectivity index is 0. The molecule has 0 N–H and O–H groups in total. The molecule has 2 fully saturated rings. The predicted molar refractivity (Wildman–Crippen MR) is 78.0 cm³/mol. The van der Waals surface area contributed by atoms with E-state index in [-0.39, 0.29) is 0 Å². The molecule has 2 aliphatic rings. The minimum absolute atomic E-state index is 0.873. The van der Waals surface area contributed by atoms with Crippen molar-refractivity contribution in [3.8, 4) is 0 Å². The first-order valence-electron chi connectivity index (χ1n) is 7.91. The molecule has 100 valence electrons. The summed E-state index contributed by atoms with van der Waals surface area (Å²) in [6, 6.07) is 0. The van der Waals surface area contributed by atoms with Gasteiger partial charge in [0.25, 0.3) is 0 Å². The molecule has 0 unspecified atom stereocenters. The van der Waals surface area contributed by atoms with Crippen LogP contribution in [0.3, 0.4) is 0 Å². The van der Waals surface area contributed by atoms with Crippen LogP contribution in [0.4, 0.5) is 0 Å². The van der Waals surface area contributed by atoms with Gasteiger partial charge in [-0.1, -0.05) is 73.6 Å². The Morgan fingerprint density at radius 1 is 0.438 bits per heavy atom. The molecular formula is C16H36. The minimum atomic E-state index is 0.873. The van der Waals surface area contributed by atoms with Gasteiger partial charge in [0, 0.05) is 0 Å². The van der Waals surface area contributed by atoms with Gasteiger partial charge in [0.1, 0.15) is 0 Å². The number of hydrogen-bond acceptors (Lipinski definition) is 0. The standard InChI is InChI=1S/C10H18.3C2H6/c1-2-6-10(7-3-1)8-4-5-9-10;3*1-2/h1-9H2;3*1-2H3. The van der Waals surface area contributed by atoms with E-state index in [0.717, 1.165) is 5.41 Å². The Bertz CT molecular complexity index is 101. The Kier molecular flexibility index (Phi) is 15.0. The van der Waals surface area contributed by atoms with Gasteiger partial charge in [-0.05, 0) is 31.1 Å². The first-order chi connectivity index (χ1) is 7.91. The highest BCUT2D eigenvalue weighted by Crippen LogP contribution is 2.48. The van der Waals surface area contributed by atoms with Gasteiger partial charge in [-0.15, -0.1) is 0 Å². The van der Waals surface area contributed by atoms with Crippen LogP contribution >= 0.6 is 0 Å². The van der Waals surface area contributed by atoms with Gasteiger partial charge in [0.05, 0.1) is 0 Å². The smallest absolute Gasteiger partial charge is 0.0297 e. The van der Waals surface area contributed by atoms with Gasteiger partial charge in [-0.25, -0.2) is 0 Å². The summed E-state index contributed by atoms with van der Waals surface area (Å²) in [7, 11) is 0. The van der Waals surface area contributed by atoms with E-state index in [1.54, 1.807) is 25.7 Å². The maximum atomic E-state index is 2.00. The van der Waals surface area contributed by atoms with Crippen LogP contribution in [0.2, 0.25) is 0 Å². The molecule has 0 amide bonds. The van der Waals surface area contributed by atoms with Crippen molar-refractivity contribution in [2.24, 2.45) is 5.41 Å². The first kappa shape index (κ1) is 18.4. The number of hydrogen-bond donors (Lipinski definition) is 0. The van der Waals surface area contributed by atoms with Crippen LogP contribution in [-0.2, 0) is 0 Å². The zero-order valence-corrected chi connectivity index (χ0v) is 12.9. The summed E-state index contributed by atoms with van der Waals surface area (Å²) in [5.74, 6) is 0. The van der Waals surface area contributed by atoms with Crippen LogP contribution in [0.5, 0.6) is 0 Å². The van der Waals surface area contributed by atoms with Crippen molar-refractivity contribution in [1.82, 2.24) is 0 Å². The second kappa shape index (κ2) is 13.1. The molecule has 0 atom stereocenters. The molecule has 1 spiro atoms. The summed E-state index contributed by atoms with van der Waals surface area (Å²) in [5.41, 5.74) is 0.873. The highest BCUT2D eigenvalue weighted by molar-refractivity contribution is 4.86. The van der Waals surface area contributed by atoms with Crippen LogP contribution < -0.4 is 0 Å². The van der Waals surface area contributed by atoms with E-state index in [0.29, 0.717) is 0 Å². The second-order valence-corrected chi connectivity index (χ2v) is 4.27. The van der Waals surface area contributed by atoms with E-state index in [1.807, 2.05) is 41.5 Å². The molecule has 0 saturated heterocycles. The maximum Gasteiger partial charge on any atom is -0.0297 e. The third-order valence-corrected chi connectivity index (χ3v) is 3.58. The molecule has 0 heteroatoms. The second-order valence-electron chi connectivity index (χ2n) is 4.27. The Labute approximate surface area is 105 Å². The summed E-state index contributed by atoms with van der Waals surface area (Å²) >= 11 is 0.